The van der Waals surface area contributed by atoms with Crippen LogP contribution in [0.5, 0.6) is 0 Å². The average molecular weight is 460 g/mol. The minimum atomic E-state index is -3.71. The number of carbonyl (C=O) groups excluding carboxylic acids is 2. The van der Waals surface area contributed by atoms with E-state index in [2.05, 4.69) is 5.32 Å². The van der Waals surface area contributed by atoms with Gasteiger partial charge in [0.25, 0.3) is 11.8 Å². The first-order valence-electron chi connectivity index (χ1n) is 11.0. The Hall–Kier alpha value is -2.87. The molecule has 2 aliphatic heterocycles. The van der Waals surface area contributed by atoms with E-state index in [-0.39, 0.29) is 42.7 Å². The molecule has 2 atom stereocenters. The normalized spacial score (nSPS) is 22.5. The minimum absolute atomic E-state index is 0.0892. The maximum atomic E-state index is 14.6. The average Bonchev–Trinajstić information content (AvgIpc) is 2.79. The summed E-state index contributed by atoms with van der Waals surface area (Å²) in [5, 5.41) is 13.9. The van der Waals surface area contributed by atoms with Gasteiger partial charge in [0.05, 0.1) is 0 Å². The molecule has 2 fully saturated rings. The van der Waals surface area contributed by atoms with Crippen LogP contribution in [0.15, 0.2) is 54.6 Å². The van der Waals surface area contributed by atoms with Crippen LogP contribution in [0.1, 0.15) is 43.2 Å². The van der Waals surface area contributed by atoms with Crippen molar-refractivity contribution in [2.45, 2.75) is 43.6 Å². The number of aliphatic hydroxyl groups is 1. The summed E-state index contributed by atoms with van der Waals surface area (Å²) < 4.78 is 42.6. The van der Waals surface area contributed by atoms with E-state index in [0.717, 1.165) is 5.56 Å². The van der Waals surface area contributed by atoms with Gasteiger partial charge >= 0.3 is 0 Å². The lowest BCUT2D eigenvalue weighted by molar-refractivity contribution is -0.200. The fourth-order valence-corrected chi connectivity index (χ4v) is 5.26. The Morgan fingerprint density at radius 3 is 2.27 bits per heavy atom. The lowest BCUT2D eigenvalue weighted by Crippen LogP contribution is -2.59. The van der Waals surface area contributed by atoms with Crippen LogP contribution in [-0.2, 0) is 15.2 Å². The van der Waals surface area contributed by atoms with Gasteiger partial charge in [-0.25, -0.2) is 13.2 Å². The van der Waals surface area contributed by atoms with Crippen molar-refractivity contribution in [3.8, 4) is 0 Å². The summed E-state index contributed by atoms with van der Waals surface area (Å²) in [5.74, 6) is -5.30. The number of hydrogen-bond acceptors (Lipinski definition) is 3. The summed E-state index contributed by atoms with van der Waals surface area (Å²) in [6, 6.07) is 13.4. The summed E-state index contributed by atoms with van der Waals surface area (Å²) in [5.41, 5.74) is -2.74. The van der Waals surface area contributed by atoms with Crippen LogP contribution in [0.25, 0.3) is 0 Å². The van der Waals surface area contributed by atoms with Gasteiger partial charge in [-0.1, -0.05) is 42.5 Å². The molecule has 2 aromatic rings. The van der Waals surface area contributed by atoms with Gasteiger partial charge in [-0.2, -0.15) is 0 Å². The largest absolute Gasteiger partial charge is 0.371 e. The molecule has 33 heavy (non-hydrogen) atoms. The first kappa shape index (κ1) is 23.3. The number of benzene rings is 2. The van der Waals surface area contributed by atoms with Gasteiger partial charge < -0.3 is 15.3 Å². The molecule has 5 nitrogen and oxygen atoms in total. The molecule has 0 aromatic heterocycles. The molecule has 0 saturated carbocycles. The number of alkyl halides is 2. The molecule has 0 bridgehead atoms. The standard InChI is InChI=1S/C25H27F3N2O3/c1-23(27,28)25(33,18-5-3-2-4-6-18)22(32)30-13-11-24(12-14-30)15-21(31)29-16-20(24)17-7-9-19(26)10-8-17/h2-10,20,33H,11-16H2,1H3,(H,29,31). The van der Waals surface area contributed by atoms with Gasteiger partial charge in [0.2, 0.25) is 11.5 Å². The number of piperidine rings is 2. The van der Waals surface area contributed by atoms with Crippen LogP contribution in [0, 0.1) is 11.2 Å². The molecular formula is C25H27F3N2O3. The maximum Gasteiger partial charge on any atom is 0.286 e. The second-order valence-corrected chi connectivity index (χ2v) is 9.20. The van der Waals surface area contributed by atoms with Crippen LogP contribution in [0.4, 0.5) is 13.2 Å². The highest BCUT2D eigenvalue weighted by molar-refractivity contribution is 5.88. The van der Waals surface area contributed by atoms with Gasteiger partial charge in [-0.05, 0) is 41.5 Å². The quantitative estimate of drug-likeness (QED) is 0.733. The summed E-state index contributed by atoms with van der Waals surface area (Å²) in [4.78, 5) is 26.8. The van der Waals surface area contributed by atoms with Crippen molar-refractivity contribution in [3.05, 3.63) is 71.5 Å². The molecule has 2 heterocycles. The SMILES string of the molecule is CC(F)(F)C(O)(C(=O)N1CCC2(CC1)CC(=O)NCC2c1ccc(F)cc1)c1ccccc1. The molecule has 4 rings (SSSR count). The highest BCUT2D eigenvalue weighted by Crippen LogP contribution is 2.49. The summed E-state index contributed by atoms with van der Waals surface area (Å²) in [6.45, 7) is 1.20. The fraction of sp³-hybridized carbons (Fsp3) is 0.440. The van der Waals surface area contributed by atoms with Crippen molar-refractivity contribution in [1.29, 1.82) is 0 Å². The van der Waals surface area contributed by atoms with E-state index in [9.17, 15) is 27.9 Å². The van der Waals surface area contributed by atoms with Gasteiger partial charge in [0.1, 0.15) is 5.82 Å². The number of likely N-dealkylation sites (tertiary alicyclic amines) is 1. The lowest BCUT2D eigenvalue weighted by Gasteiger charge is -2.50. The maximum absolute atomic E-state index is 14.6. The van der Waals surface area contributed by atoms with E-state index >= 15 is 0 Å². The molecule has 2 saturated heterocycles. The zero-order valence-corrected chi connectivity index (χ0v) is 18.4. The Morgan fingerprint density at radius 1 is 1.09 bits per heavy atom. The monoisotopic (exact) mass is 460 g/mol. The predicted octanol–water partition coefficient (Wildman–Crippen LogP) is 3.58. The Labute approximate surface area is 190 Å². The Balaban J connectivity index is 1.59. The van der Waals surface area contributed by atoms with Crippen LogP contribution >= 0.6 is 0 Å². The third-order valence-corrected chi connectivity index (χ3v) is 7.21. The molecule has 2 N–H and O–H groups in total. The van der Waals surface area contributed by atoms with Crippen molar-refractivity contribution < 1.29 is 27.9 Å². The molecule has 2 amide bonds. The van der Waals surface area contributed by atoms with Gasteiger partial charge in [-0.3, -0.25) is 9.59 Å². The Morgan fingerprint density at radius 2 is 1.70 bits per heavy atom. The van der Waals surface area contributed by atoms with Gasteiger partial charge in [-0.15, -0.1) is 0 Å². The number of halogens is 3. The van der Waals surface area contributed by atoms with E-state index in [0.29, 0.717) is 26.3 Å². The first-order chi connectivity index (χ1) is 15.6. The van der Waals surface area contributed by atoms with Gasteiger partial charge in [0.15, 0.2) is 0 Å². The molecule has 0 aliphatic carbocycles. The van der Waals surface area contributed by atoms with Gasteiger partial charge in [0, 0.05) is 38.9 Å². The highest BCUT2D eigenvalue weighted by atomic mass is 19.3. The topological polar surface area (TPSA) is 69.6 Å². The highest BCUT2D eigenvalue weighted by Gasteiger charge is 2.58. The van der Waals surface area contributed by atoms with Crippen LogP contribution in [-0.4, -0.2) is 47.4 Å². The van der Waals surface area contributed by atoms with E-state index in [1.165, 1.54) is 41.3 Å². The van der Waals surface area contributed by atoms with Crippen molar-refractivity contribution in [3.63, 3.8) is 0 Å². The van der Waals surface area contributed by atoms with Crippen molar-refractivity contribution in [2.24, 2.45) is 5.41 Å². The molecule has 8 heteroatoms. The Kier molecular flexibility index (Phi) is 5.99. The van der Waals surface area contributed by atoms with Crippen LogP contribution in [0.3, 0.4) is 0 Å². The number of carbonyl (C=O) groups is 2. The van der Waals surface area contributed by atoms with Crippen molar-refractivity contribution >= 4 is 11.8 Å². The first-order valence-corrected chi connectivity index (χ1v) is 11.0. The van der Waals surface area contributed by atoms with Crippen molar-refractivity contribution in [2.75, 3.05) is 19.6 Å². The summed E-state index contributed by atoms with van der Waals surface area (Å²) >= 11 is 0. The molecule has 2 unspecified atom stereocenters. The molecule has 1 spiro atoms. The zero-order valence-electron chi connectivity index (χ0n) is 18.4. The third-order valence-electron chi connectivity index (χ3n) is 7.21. The molecular weight excluding hydrogens is 433 g/mol. The second-order valence-electron chi connectivity index (χ2n) is 9.20. The van der Waals surface area contributed by atoms with Crippen LogP contribution < -0.4 is 5.32 Å². The minimum Gasteiger partial charge on any atom is -0.371 e. The summed E-state index contributed by atoms with van der Waals surface area (Å²) in [7, 11) is 0. The van der Waals surface area contributed by atoms with E-state index in [1.807, 2.05) is 0 Å². The number of rotatable bonds is 4. The number of nitrogens with zero attached hydrogens (tertiary/aromatic N) is 1. The molecule has 2 aromatic carbocycles. The molecule has 176 valence electrons. The fourth-order valence-electron chi connectivity index (χ4n) is 5.26. The number of amides is 2. The smallest absolute Gasteiger partial charge is 0.286 e. The number of nitrogens with one attached hydrogen (secondary N) is 1. The van der Waals surface area contributed by atoms with Crippen LogP contribution in [0.2, 0.25) is 0 Å². The lowest BCUT2D eigenvalue weighted by atomic mass is 9.62. The van der Waals surface area contributed by atoms with Crippen molar-refractivity contribution in [1.82, 2.24) is 10.2 Å². The Bertz CT molecular complexity index is 1020. The molecule has 2 aliphatic rings. The molecule has 0 radical (unpaired) electrons. The predicted molar refractivity (Wildman–Crippen MR) is 116 cm³/mol. The zero-order chi connectivity index (χ0) is 23.9. The van der Waals surface area contributed by atoms with E-state index in [1.54, 1.807) is 18.2 Å². The van der Waals surface area contributed by atoms with E-state index < -0.39 is 22.8 Å². The van der Waals surface area contributed by atoms with E-state index in [4.69, 9.17) is 0 Å². The third kappa shape index (κ3) is 4.12. The number of hydrogen-bond donors (Lipinski definition) is 2. The summed E-state index contributed by atoms with van der Waals surface area (Å²) in [6.07, 6.45) is 1.06. The second kappa shape index (κ2) is 8.48.